The first-order valence-corrected chi connectivity index (χ1v) is 7.99. The molecule has 23 heavy (non-hydrogen) atoms. The number of aromatic nitrogens is 2. The van der Waals surface area contributed by atoms with E-state index in [1.807, 2.05) is 19.3 Å². The molecule has 2 aromatic rings. The Morgan fingerprint density at radius 2 is 1.83 bits per heavy atom. The summed E-state index contributed by atoms with van der Waals surface area (Å²) in [5.41, 5.74) is 4.66. The third-order valence-electron chi connectivity index (χ3n) is 4.57. The Bertz CT molecular complexity index is 724. The number of nitrogens with zero attached hydrogens (tertiary/aromatic N) is 4. The molecule has 2 aliphatic rings. The Hall–Kier alpha value is -2.27. The number of hydrogen-bond acceptors (Lipinski definition) is 5. The zero-order valence-electron chi connectivity index (χ0n) is 13.4. The van der Waals surface area contributed by atoms with Crippen molar-refractivity contribution in [3.8, 4) is 0 Å². The van der Waals surface area contributed by atoms with E-state index in [1.165, 1.54) is 11.1 Å². The van der Waals surface area contributed by atoms with E-state index < -0.39 is 0 Å². The topological polar surface area (TPSA) is 50.6 Å². The van der Waals surface area contributed by atoms with E-state index in [1.54, 1.807) is 0 Å². The van der Waals surface area contributed by atoms with Gasteiger partial charge in [-0.15, -0.1) is 0 Å². The van der Waals surface area contributed by atoms with Gasteiger partial charge in [-0.25, -0.2) is 9.97 Å². The molecule has 0 unspecified atom stereocenters. The second-order valence-electron chi connectivity index (χ2n) is 6.43. The van der Waals surface area contributed by atoms with Crippen LogP contribution in [0.5, 0.6) is 0 Å². The Labute approximate surface area is 136 Å². The highest BCUT2D eigenvalue weighted by atomic mass is 16.6. The highest BCUT2D eigenvalue weighted by Gasteiger charge is 2.42. The van der Waals surface area contributed by atoms with Crippen molar-refractivity contribution in [3.05, 3.63) is 59.2 Å². The maximum Gasteiger partial charge on any atom is 0.149 e. The van der Waals surface area contributed by atoms with Crippen molar-refractivity contribution in [3.63, 3.8) is 0 Å². The first-order chi connectivity index (χ1) is 11.2. The molecule has 2 aliphatic heterocycles. The number of aryl methyl sites for hydroxylation is 2. The van der Waals surface area contributed by atoms with Crippen LogP contribution in [0, 0.1) is 19.8 Å². The fourth-order valence-electron chi connectivity index (χ4n) is 3.29. The fraction of sp³-hybridized carbons (Fsp3) is 0.389. The van der Waals surface area contributed by atoms with Gasteiger partial charge in [0.05, 0.1) is 11.6 Å². The standard InChI is InChI=1S/C18H20N4O/c1-12-3-5-15(6-4-12)18-16-10-22(11-17(16)23-21-18)9-14-7-19-13(2)20-8-14/h3-8,16-17H,9-11H2,1-2H3/t16-,17+/m0/s1. The molecule has 4 rings (SSSR count). The summed E-state index contributed by atoms with van der Waals surface area (Å²) in [4.78, 5) is 16.6. The largest absolute Gasteiger partial charge is 0.390 e. The monoisotopic (exact) mass is 308 g/mol. The number of fused-ring (bicyclic) bond motifs is 1. The lowest BCUT2D eigenvalue weighted by atomic mass is 9.94. The Morgan fingerprint density at radius 1 is 1.09 bits per heavy atom. The van der Waals surface area contributed by atoms with Crippen LogP contribution in [0.3, 0.4) is 0 Å². The molecular formula is C18H20N4O. The molecule has 0 amide bonds. The van der Waals surface area contributed by atoms with Crippen molar-refractivity contribution in [1.82, 2.24) is 14.9 Å². The van der Waals surface area contributed by atoms with Crippen LogP contribution in [0.2, 0.25) is 0 Å². The quantitative estimate of drug-likeness (QED) is 0.873. The summed E-state index contributed by atoms with van der Waals surface area (Å²) in [6, 6.07) is 8.52. The van der Waals surface area contributed by atoms with Gasteiger partial charge in [0, 0.05) is 37.6 Å². The second-order valence-corrected chi connectivity index (χ2v) is 6.43. The lowest BCUT2D eigenvalue weighted by Crippen LogP contribution is -2.23. The zero-order chi connectivity index (χ0) is 15.8. The van der Waals surface area contributed by atoms with E-state index in [0.717, 1.165) is 36.7 Å². The van der Waals surface area contributed by atoms with Gasteiger partial charge in [-0.2, -0.15) is 0 Å². The number of rotatable bonds is 3. The maximum absolute atomic E-state index is 5.68. The summed E-state index contributed by atoms with van der Waals surface area (Å²) in [6.07, 6.45) is 3.98. The molecule has 0 saturated carbocycles. The number of hydrogen-bond donors (Lipinski definition) is 0. The average Bonchev–Trinajstić information content (AvgIpc) is 3.11. The molecule has 2 atom stereocenters. The minimum atomic E-state index is 0.165. The lowest BCUT2D eigenvalue weighted by Gasteiger charge is -2.16. The molecular weight excluding hydrogens is 288 g/mol. The number of benzene rings is 1. The van der Waals surface area contributed by atoms with Crippen LogP contribution < -0.4 is 0 Å². The van der Waals surface area contributed by atoms with Gasteiger partial charge in [0.1, 0.15) is 11.9 Å². The van der Waals surface area contributed by atoms with Crippen LogP contribution in [0.4, 0.5) is 0 Å². The predicted molar refractivity (Wildman–Crippen MR) is 88.1 cm³/mol. The van der Waals surface area contributed by atoms with Crippen LogP contribution in [0.1, 0.15) is 22.5 Å². The highest BCUT2D eigenvalue weighted by Crippen LogP contribution is 2.30. The zero-order valence-corrected chi connectivity index (χ0v) is 13.4. The highest BCUT2D eigenvalue weighted by molar-refractivity contribution is 6.03. The summed E-state index contributed by atoms with van der Waals surface area (Å²) >= 11 is 0. The Balaban J connectivity index is 1.46. The van der Waals surface area contributed by atoms with Gasteiger partial charge in [-0.05, 0) is 19.4 Å². The van der Waals surface area contributed by atoms with E-state index in [0.29, 0.717) is 5.92 Å². The average molecular weight is 308 g/mol. The third kappa shape index (κ3) is 2.84. The summed E-state index contributed by atoms with van der Waals surface area (Å²) in [5, 5.41) is 4.34. The van der Waals surface area contributed by atoms with Crippen LogP contribution in [-0.4, -0.2) is 39.8 Å². The van der Waals surface area contributed by atoms with Crippen molar-refractivity contribution in [1.29, 1.82) is 0 Å². The third-order valence-corrected chi connectivity index (χ3v) is 4.57. The molecule has 118 valence electrons. The van der Waals surface area contributed by atoms with Crippen molar-refractivity contribution >= 4 is 5.71 Å². The molecule has 1 aromatic carbocycles. The molecule has 0 N–H and O–H groups in total. The Morgan fingerprint density at radius 3 is 2.57 bits per heavy atom. The second kappa shape index (κ2) is 5.74. The molecule has 1 fully saturated rings. The molecule has 0 bridgehead atoms. The fourth-order valence-corrected chi connectivity index (χ4v) is 3.29. The van der Waals surface area contributed by atoms with Crippen molar-refractivity contribution in [2.45, 2.75) is 26.5 Å². The SMILES string of the molecule is Cc1ccc(C2=NO[C@@H]3CN(Cc4cnc(C)nc4)C[C@H]23)cc1. The maximum atomic E-state index is 5.68. The van der Waals surface area contributed by atoms with Gasteiger partial charge >= 0.3 is 0 Å². The minimum Gasteiger partial charge on any atom is -0.390 e. The summed E-state index contributed by atoms with van der Waals surface area (Å²) < 4.78 is 0. The van der Waals surface area contributed by atoms with E-state index in [4.69, 9.17) is 4.84 Å². The van der Waals surface area contributed by atoms with Gasteiger partial charge < -0.3 is 4.84 Å². The van der Waals surface area contributed by atoms with E-state index in [9.17, 15) is 0 Å². The molecule has 1 saturated heterocycles. The molecule has 5 nitrogen and oxygen atoms in total. The van der Waals surface area contributed by atoms with E-state index in [2.05, 4.69) is 51.2 Å². The molecule has 0 spiro atoms. The Kier molecular flexibility index (Phi) is 3.58. The summed E-state index contributed by atoms with van der Waals surface area (Å²) in [6.45, 7) is 6.73. The van der Waals surface area contributed by atoms with Crippen molar-refractivity contribution in [2.75, 3.05) is 13.1 Å². The van der Waals surface area contributed by atoms with Crippen molar-refractivity contribution in [2.24, 2.45) is 11.1 Å². The number of likely N-dealkylation sites (tertiary alicyclic amines) is 1. The predicted octanol–water partition coefficient (Wildman–Crippen LogP) is 2.33. The van der Waals surface area contributed by atoms with Crippen LogP contribution in [-0.2, 0) is 11.4 Å². The van der Waals surface area contributed by atoms with Crippen LogP contribution >= 0.6 is 0 Å². The van der Waals surface area contributed by atoms with Gasteiger partial charge in [-0.3, -0.25) is 4.90 Å². The molecule has 5 heteroatoms. The van der Waals surface area contributed by atoms with Gasteiger partial charge in [0.25, 0.3) is 0 Å². The molecule has 1 aromatic heterocycles. The van der Waals surface area contributed by atoms with Gasteiger partial charge in [0.2, 0.25) is 0 Å². The smallest absolute Gasteiger partial charge is 0.149 e. The molecule has 3 heterocycles. The van der Waals surface area contributed by atoms with Crippen LogP contribution in [0.15, 0.2) is 41.8 Å². The van der Waals surface area contributed by atoms with Crippen molar-refractivity contribution < 1.29 is 4.84 Å². The normalized spacial score (nSPS) is 23.5. The van der Waals surface area contributed by atoms with E-state index in [-0.39, 0.29) is 6.10 Å². The van der Waals surface area contributed by atoms with Crippen LogP contribution in [0.25, 0.3) is 0 Å². The molecule has 0 aliphatic carbocycles. The van der Waals surface area contributed by atoms with Gasteiger partial charge in [-0.1, -0.05) is 35.0 Å². The summed E-state index contributed by atoms with van der Waals surface area (Å²) in [5.74, 6) is 1.16. The minimum absolute atomic E-state index is 0.165. The number of oxime groups is 1. The first-order valence-electron chi connectivity index (χ1n) is 7.99. The lowest BCUT2D eigenvalue weighted by molar-refractivity contribution is 0.0745. The molecule has 0 radical (unpaired) electrons. The van der Waals surface area contributed by atoms with E-state index >= 15 is 0 Å². The first kappa shape index (κ1) is 14.3. The van der Waals surface area contributed by atoms with Gasteiger partial charge in [0.15, 0.2) is 0 Å². The summed E-state index contributed by atoms with van der Waals surface area (Å²) in [7, 11) is 0.